The average molecular weight is 459 g/mol. The van der Waals surface area contributed by atoms with Crippen molar-refractivity contribution < 1.29 is 9.59 Å². The molecule has 5 heteroatoms. The number of carbonyl (C=O) groups excluding carboxylic acids is 2. The highest BCUT2D eigenvalue weighted by Gasteiger charge is 2.26. The maximum Gasteiger partial charge on any atom is 0.242 e. The highest BCUT2D eigenvalue weighted by atomic mass is 79.9. The summed E-state index contributed by atoms with van der Waals surface area (Å²) in [6, 6.07) is 13.5. The molecule has 0 saturated heterocycles. The van der Waals surface area contributed by atoms with Crippen LogP contribution < -0.4 is 5.32 Å². The van der Waals surface area contributed by atoms with E-state index in [4.69, 9.17) is 0 Å². The van der Waals surface area contributed by atoms with Crippen LogP contribution in [0.4, 0.5) is 0 Å². The number of hydrogen-bond acceptors (Lipinski definition) is 2. The fraction of sp³-hybridized carbons (Fsp3) is 0.417. The molecule has 4 nitrogen and oxygen atoms in total. The number of carbonyl (C=O) groups is 2. The summed E-state index contributed by atoms with van der Waals surface area (Å²) in [5.74, 6) is 0.187. The third-order valence-corrected chi connectivity index (χ3v) is 5.28. The van der Waals surface area contributed by atoms with Gasteiger partial charge in [-0.2, -0.15) is 0 Å². The molecule has 2 rings (SSSR count). The minimum atomic E-state index is -0.546. The molecule has 2 aromatic rings. The molecule has 0 heterocycles. The molecule has 1 N–H and O–H groups in total. The Morgan fingerprint density at radius 1 is 0.966 bits per heavy atom. The summed E-state index contributed by atoms with van der Waals surface area (Å²) < 4.78 is 0.983. The van der Waals surface area contributed by atoms with Gasteiger partial charge in [-0.3, -0.25) is 9.59 Å². The molecule has 2 aromatic carbocycles. The number of amides is 2. The van der Waals surface area contributed by atoms with E-state index in [-0.39, 0.29) is 18.2 Å². The Labute approximate surface area is 182 Å². The monoisotopic (exact) mass is 458 g/mol. The zero-order chi connectivity index (χ0) is 21.6. The smallest absolute Gasteiger partial charge is 0.242 e. The molecular weight excluding hydrogens is 428 g/mol. The molecule has 0 aliphatic carbocycles. The second-order valence-electron chi connectivity index (χ2n) is 8.14. The van der Waals surface area contributed by atoms with Crippen LogP contribution in [-0.4, -0.2) is 29.3 Å². The Hall–Kier alpha value is -2.14. The maximum absolute atomic E-state index is 13.2. The van der Waals surface area contributed by atoms with Crippen LogP contribution in [0.1, 0.15) is 43.0 Å². The van der Waals surface area contributed by atoms with Gasteiger partial charge >= 0.3 is 0 Å². The largest absolute Gasteiger partial charge is 0.354 e. The lowest BCUT2D eigenvalue weighted by molar-refractivity contribution is -0.140. The molecule has 0 aliphatic heterocycles. The fourth-order valence-electron chi connectivity index (χ4n) is 3.27. The highest BCUT2D eigenvalue weighted by Crippen LogP contribution is 2.17. The predicted molar refractivity (Wildman–Crippen MR) is 122 cm³/mol. The maximum atomic E-state index is 13.2. The van der Waals surface area contributed by atoms with Gasteiger partial charge in [0.1, 0.15) is 6.04 Å². The van der Waals surface area contributed by atoms with Crippen molar-refractivity contribution in [1.82, 2.24) is 10.2 Å². The standard InChI is InChI=1S/C24H31BrN2O2/c1-16(2)14-26-24(29)19(5)27(15-20-6-8-22(25)9-7-20)23(28)13-21-11-17(3)10-18(4)12-21/h6-12,16,19H,13-15H2,1-5H3,(H,26,29)/t19-/m0/s1. The van der Waals surface area contributed by atoms with Gasteiger partial charge in [0.25, 0.3) is 0 Å². The SMILES string of the molecule is Cc1cc(C)cc(CC(=O)N(Cc2ccc(Br)cc2)[C@@H](C)C(=O)NCC(C)C)c1. The van der Waals surface area contributed by atoms with Crippen molar-refractivity contribution in [2.45, 2.75) is 53.6 Å². The summed E-state index contributed by atoms with van der Waals surface area (Å²) in [6.07, 6.45) is 0.279. The van der Waals surface area contributed by atoms with Crippen molar-refractivity contribution in [2.24, 2.45) is 5.92 Å². The average Bonchev–Trinajstić information content (AvgIpc) is 2.64. The van der Waals surface area contributed by atoms with Crippen LogP contribution in [0.5, 0.6) is 0 Å². The minimum absolute atomic E-state index is 0.0508. The topological polar surface area (TPSA) is 49.4 Å². The quantitative estimate of drug-likeness (QED) is 0.617. The summed E-state index contributed by atoms with van der Waals surface area (Å²) >= 11 is 3.44. The van der Waals surface area contributed by atoms with Crippen molar-refractivity contribution >= 4 is 27.7 Å². The Morgan fingerprint density at radius 2 is 1.55 bits per heavy atom. The van der Waals surface area contributed by atoms with Gasteiger partial charge in [0.05, 0.1) is 6.42 Å². The Morgan fingerprint density at radius 3 is 2.10 bits per heavy atom. The van der Waals surface area contributed by atoms with Gasteiger partial charge in [-0.1, -0.05) is 71.2 Å². The third-order valence-electron chi connectivity index (χ3n) is 4.75. The Bertz CT molecular complexity index is 826. The number of hydrogen-bond donors (Lipinski definition) is 1. The molecule has 0 aliphatic rings. The van der Waals surface area contributed by atoms with Crippen LogP contribution in [-0.2, 0) is 22.6 Å². The Balaban J connectivity index is 2.23. The van der Waals surface area contributed by atoms with Crippen LogP contribution in [0.2, 0.25) is 0 Å². The summed E-state index contributed by atoms with van der Waals surface area (Å²) in [5, 5.41) is 2.95. The molecule has 0 radical (unpaired) electrons. The summed E-state index contributed by atoms with van der Waals surface area (Å²) in [6.45, 7) is 11.0. The lowest BCUT2D eigenvalue weighted by Crippen LogP contribution is -2.48. The van der Waals surface area contributed by atoms with E-state index in [1.165, 1.54) is 0 Å². The predicted octanol–water partition coefficient (Wildman–Crippen LogP) is 4.80. The molecule has 0 spiro atoms. The van der Waals surface area contributed by atoms with Gasteiger partial charge in [0.2, 0.25) is 11.8 Å². The molecule has 29 heavy (non-hydrogen) atoms. The van der Waals surface area contributed by atoms with Crippen molar-refractivity contribution in [1.29, 1.82) is 0 Å². The van der Waals surface area contributed by atoms with E-state index in [1.54, 1.807) is 11.8 Å². The van der Waals surface area contributed by atoms with Crippen LogP contribution >= 0.6 is 15.9 Å². The number of halogens is 1. The second kappa shape index (κ2) is 10.6. The molecule has 1 atom stereocenters. The normalized spacial score (nSPS) is 12.0. The molecule has 156 valence electrons. The van der Waals surface area contributed by atoms with Crippen molar-refractivity contribution in [3.63, 3.8) is 0 Å². The van der Waals surface area contributed by atoms with Gasteiger partial charge in [-0.15, -0.1) is 0 Å². The number of nitrogens with one attached hydrogen (secondary N) is 1. The first-order valence-corrected chi connectivity index (χ1v) is 10.8. The second-order valence-corrected chi connectivity index (χ2v) is 9.05. The lowest BCUT2D eigenvalue weighted by Gasteiger charge is -2.29. The van der Waals surface area contributed by atoms with E-state index in [0.29, 0.717) is 19.0 Å². The highest BCUT2D eigenvalue weighted by molar-refractivity contribution is 9.10. The first-order chi connectivity index (χ1) is 13.7. The Kier molecular flexibility index (Phi) is 8.45. The van der Waals surface area contributed by atoms with Crippen molar-refractivity contribution in [3.8, 4) is 0 Å². The zero-order valence-electron chi connectivity index (χ0n) is 18.0. The number of aryl methyl sites for hydroxylation is 2. The fourth-order valence-corrected chi connectivity index (χ4v) is 3.53. The number of benzene rings is 2. The minimum Gasteiger partial charge on any atom is -0.354 e. The lowest BCUT2D eigenvalue weighted by atomic mass is 10.0. The molecule has 0 bridgehead atoms. The van der Waals surface area contributed by atoms with Gasteiger partial charge in [0.15, 0.2) is 0 Å². The van der Waals surface area contributed by atoms with Crippen LogP contribution in [0.3, 0.4) is 0 Å². The molecule has 0 unspecified atom stereocenters. The summed E-state index contributed by atoms with van der Waals surface area (Å²) in [7, 11) is 0. The van der Waals surface area contributed by atoms with Crippen molar-refractivity contribution in [2.75, 3.05) is 6.54 Å². The van der Waals surface area contributed by atoms with E-state index < -0.39 is 6.04 Å². The van der Waals surface area contributed by atoms with Crippen molar-refractivity contribution in [3.05, 3.63) is 69.2 Å². The molecule has 0 aromatic heterocycles. The molecule has 2 amide bonds. The van der Waals surface area contributed by atoms with E-state index in [2.05, 4.69) is 41.2 Å². The van der Waals surface area contributed by atoms with E-state index in [1.807, 2.05) is 50.2 Å². The van der Waals surface area contributed by atoms with Crippen LogP contribution in [0, 0.1) is 19.8 Å². The van der Waals surface area contributed by atoms with Crippen LogP contribution in [0.25, 0.3) is 0 Å². The molecule has 0 saturated carbocycles. The number of nitrogens with zero attached hydrogens (tertiary/aromatic N) is 1. The number of rotatable bonds is 8. The zero-order valence-corrected chi connectivity index (χ0v) is 19.5. The first-order valence-electron chi connectivity index (χ1n) is 10.0. The summed E-state index contributed by atoms with van der Waals surface area (Å²) in [4.78, 5) is 27.6. The van der Waals surface area contributed by atoms with Gasteiger partial charge in [0, 0.05) is 17.6 Å². The van der Waals surface area contributed by atoms with Gasteiger partial charge in [-0.25, -0.2) is 0 Å². The molecule has 0 fully saturated rings. The van der Waals surface area contributed by atoms with E-state index in [9.17, 15) is 9.59 Å². The van der Waals surface area contributed by atoms with Gasteiger partial charge in [-0.05, 0) is 49.9 Å². The van der Waals surface area contributed by atoms with Crippen LogP contribution in [0.15, 0.2) is 46.9 Å². The van der Waals surface area contributed by atoms with Gasteiger partial charge < -0.3 is 10.2 Å². The summed E-state index contributed by atoms with van der Waals surface area (Å²) in [5.41, 5.74) is 4.23. The van der Waals surface area contributed by atoms with E-state index in [0.717, 1.165) is 26.7 Å². The third kappa shape index (κ3) is 7.32. The van der Waals surface area contributed by atoms with E-state index >= 15 is 0 Å². The first kappa shape index (κ1) is 23.1. The molecular formula is C24H31BrN2O2.